The number of amides is 1. The van der Waals surface area contributed by atoms with Crippen molar-refractivity contribution in [3.63, 3.8) is 0 Å². The second kappa shape index (κ2) is 13.5. The first-order chi connectivity index (χ1) is 22.1. The Labute approximate surface area is 279 Å². The number of ether oxygens (including phenoxy) is 3. The van der Waals surface area contributed by atoms with Crippen molar-refractivity contribution in [3.05, 3.63) is 118 Å². The van der Waals surface area contributed by atoms with E-state index in [4.69, 9.17) is 37.4 Å². The number of anilines is 3. The molecule has 0 saturated carbocycles. The van der Waals surface area contributed by atoms with E-state index < -0.39 is 11.4 Å². The molecule has 2 aliphatic heterocycles. The van der Waals surface area contributed by atoms with Crippen LogP contribution < -0.4 is 19.9 Å². The topological polar surface area (TPSA) is 83.5 Å². The summed E-state index contributed by atoms with van der Waals surface area (Å²) in [6.45, 7) is 7.80. The zero-order valence-electron chi connectivity index (χ0n) is 25.8. The van der Waals surface area contributed by atoms with Crippen LogP contribution in [-0.2, 0) is 20.1 Å². The number of carbonyl (C=O) groups excluding carboxylic acids is 1. The van der Waals surface area contributed by atoms with Gasteiger partial charge in [-0.1, -0.05) is 41.4 Å². The first-order valence-corrected chi connectivity index (χ1v) is 16.1. The van der Waals surface area contributed by atoms with E-state index in [2.05, 4.69) is 27.2 Å². The summed E-state index contributed by atoms with van der Waals surface area (Å²) < 4.78 is 18.2. The molecule has 6 rings (SSSR count). The molecule has 0 aromatic heterocycles. The van der Waals surface area contributed by atoms with Gasteiger partial charge in [-0.25, -0.2) is 0 Å². The van der Waals surface area contributed by atoms with Gasteiger partial charge in [-0.3, -0.25) is 4.79 Å². The minimum Gasteiger partial charge on any atom is -0.491 e. The van der Waals surface area contributed by atoms with Gasteiger partial charge < -0.3 is 34.4 Å². The second-order valence-corrected chi connectivity index (χ2v) is 12.8. The van der Waals surface area contributed by atoms with Crippen LogP contribution in [0.3, 0.4) is 0 Å². The molecule has 2 heterocycles. The van der Waals surface area contributed by atoms with Crippen molar-refractivity contribution in [2.24, 2.45) is 0 Å². The number of nitrogens with zero attached hydrogens (tertiary/aromatic N) is 2. The number of hydrogen-bond donors (Lipinski definition) is 2. The lowest BCUT2D eigenvalue weighted by Crippen LogP contribution is -2.46. The standard InChI is InChI=1S/C36H37Cl2N3O5/c1-35(43)16-3-4-25(15-17-35)34(42)39-27-6-8-28(9-7-27)40-18-20-41(21-19-40)29-10-12-30(13-11-29)44-23-31-24-45-36(2,46-31)32-14-5-26(37)22-33(32)38/h3-17,22,31,43H,18-21,23-24H2,1-2H3,(H,39,42). The third kappa shape index (κ3) is 7.60. The summed E-state index contributed by atoms with van der Waals surface area (Å²) in [6.07, 6.45) is 8.03. The van der Waals surface area contributed by atoms with E-state index in [0.717, 1.165) is 54.6 Å². The quantitative estimate of drug-likeness (QED) is 0.277. The van der Waals surface area contributed by atoms with E-state index in [0.29, 0.717) is 28.8 Å². The molecule has 0 radical (unpaired) electrons. The van der Waals surface area contributed by atoms with Crippen LogP contribution in [0.25, 0.3) is 0 Å². The van der Waals surface area contributed by atoms with E-state index >= 15 is 0 Å². The summed E-state index contributed by atoms with van der Waals surface area (Å²) in [6, 6.07) is 21.3. The Morgan fingerprint density at radius 1 is 0.957 bits per heavy atom. The van der Waals surface area contributed by atoms with Crippen molar-refractivity contribution < 1.29 is 24.1 Å². The number of aliphatic hydroxyl groups is 1. The molecule has 2 saturated heterocycles. The molecule has 3 atom stereocenters. The first-order valence-electron chi connectivity index (χ1n) is 15.3. The molecule has 3 aliphatic rings. The maximum absolute atomic E-state index is 12.7. The van der Waals surface area contributed by atoms with Crippen molar-refractivity contribution in [2.75, 3.05) is 54.5 Å². The fraction of sp³-hybridized carbons (Fsp3) is 0.306. The van der Waals surface area contributed by atoms with Crippen LogP contribution in [-0.4, -0.2) is 62.1 Å². The van der Waals surface area contributed by atoms with Gasteiger partial charge in [0.1, 0.15) is 18.5 Å². The maximum Gasteiger partial charge on any atom is 0.255 e. The molecule has 46 heavy (non-hydrogen) atoms. The molecule has 3 aromatic carbocycles. The predicted molar refractivity (Wildman–Crippen MR) is 183 cm³/mol. The van der Waals surface area contributed by atoms with E-state index in [9.17, 15) is 9.90 Å². The van der Waals surface area contributed by atoms with Gasteiger partial charge in [0, 0.05) is 59.4 Å². The van der Waals surface area contributed by atoms with Crippen LogP contribution in [0.15, 0.2) is 103 Å². The third-order valence-electron chi connectivity index (χ3n) is 8.34. The van der Waals surface area contributed by atoms with Crippen LogP contribution in [0.4, 0.5) is 17.1 Å². The number of piperazine rings is 1. The van der Waals surface area contributed by atoms with Gasteiger partial charge in [0.25, 0.3) is 5.91 Å². The average Bonchev–Trinajstić information content (AvgIpc) is 3.33. The number of benzene rings is 3. The number of allylic oxidation sites excluding steroid dienone is 2. The summed E-state index contributed by atoms with van der Waals surface area (Å²) in [5, 5.41) is 14.1. The largest absolute Gasteiger partial charge is 0.491 e. The minimum atomic E-state index is -1.07. The molecule has 3 aromatic rings. The molecule has 2 fully saturated rings. The van der Waals surface area contributed by atoms with Crippen molar-refractivity contribution in [1.82, 2.24) is 0 Å². The summed E-state index contributed by atoms with van der Waals surface area (Å²) in [7, 11) is 0. The molecule has 240 valence electrons. The van der Waals surface area contributed by atoms with Gasteiger partial charge in [-0.15, -0.1) is 0 Å². The molecule has 1 aliphatic carbocycles. The monoisotopic (exact) mass is 661 g/mol. The summed E-state index contributed by atoms with van der Waals surface area (Å²) >= 11 is 12.4. The molecule has 1 amide bonds. The Bertz CT molecular complexity index is 1650. The number of nitrogens with one attached hydrogen (secondary N) is 1. The summed E-state index contributed by atoms with van der Waals surface area (Å²) in [4.78, 5) is 17.4. The first kappa shape index (κ1) is 32.2. The van der Waals surface area contributed by atoms with Crippen molar-refractivity contribution in [3.8, 4) is 5.75 Å². The lowest BCUT2D eigenvalue weighted by Gasteiger charge is -2.37. The fourth-order valence-electron chi connectivity index (χ4n) is 5.71. The summed E-state index contributed by atoms with van der Waals surface area (Å²) in [5.41, 5.74) is 3.13. The third-order valence-corrected chi connectivity index (χ3v) is 8.88. The van der Waals surface area contributed by atoms with Gasteiger partial charge in [0.15, 0.2) is 5.79 Å². The highest BCUT2D eigenvalue weighted by molar-refractivity contribution is 6.35. The lowest BCUT2D eigenvalue weighted by atomic mass is 10.1. The van der Waals surface area contributed by atoms with Crippen molar-refractivity contribution >= 4 is 46.2 Å². The van der Waals surface area contributed by atoms with Gasteiger partial charge in [-0.2, -0.15) is 0 Å². The fourth-order valence-corrected chi connectivity index (χ4v) is 6.29. The van der Waals surface area contributed by atoms with Crippen molar-refractivity contribution in [1.29, 1.82) is 0 Å². The van der Waals surface area contributed by atoms with E-state index in [1.807, 2.05) is 49.4 Å². The smallest absolute Gasteiger partial charge is 0.255 e. The molecular formula is C36H37Cl2N3O5. The highest BCUT2D eigenvalue weighted by atomic mass is 35.5. The van der Waals surface area contributed by atoms with Crippen LogP contribution in [0.2, 0.25) is 10.0 Å². The Balaban J connectivity index is 0.958. The normalized spacial score (nSPS) is 24.5. The Morgan fingerprint density at radius 2 is 1.61 bits per heavy atom. The molecular weight excluding hydrogens is 625 g/mol. The Hall–Kier alpha value is -3.79. The van der Waals surface area contributed by atoms with Gasteiger partial charge in [0.2, 0.25) is 0 Å². The van der Waals surface area contributed by atoms with Crippen molar-refractivity contribution in [2.45, 2.75) is 31.3 Å². The Kier molecular flexibility index (Phi) is 9.45. The predicted octanol–water partition coefficient (Wildman–Crippen LogP) is 6.73. The van der Waals surface area contributed by atoms with E-state index in [-0.39, 0.29) is 12.0 Å². The highest BCUT2D eigenvalue weighted by Crippen LogP contribution is 2.39. The average molecular weight is 663 g/mol. The van der Waals surface area contributed by atoms with Crippen LogP contribution in [0, 0.1) is 0 Å². The summed E-state index contributed by atoms with van der Waals surface area (Å²) in [5.74, 6) is -0.405. The van der Waals surface area contributed by atoms with Gasteiger partial charge in [-0.05, 0) is 92.7 Å². The Morgan fingerprint density at radius 3 is 2.26 bits per heavy atom. The number of carbonyl (C=O) groups is 1. The lowest BCUT2D eigenvalue weighted by molar-refractivity contribution is -0.164. The SMILES string of the molecule is CC1(O)C=CC=C(C(=O)Nc2ccc(N3CCN(c4ccc(OCC5COC(C)(c6ccc(Cl)cc6Cl)O5)cc4)CC3)cc2)C=C1. The highest BCUT2D eigenvalue weighted by Gasteiger charge is 2.40. The van der Waals surface area contributed by atoms with Gasteiger partial charge in [0.05, 0.1) is 17.2 Å². The molecule has 2 N–H and O–H groups in total. The molecule has 10 heteroatoms. The van der Waals surface area contributed by atoms with E-state index in [1.54, 1.807) is 49.4 Å². The number of halogens is 2. The molecule has 3 unspecified atom stereocenters. The van der Waals surface area contributed by atoms with E-state index in [1.165, 1.54) is 0 Å². The zero-order chi connectivity index (χ0) is 32.3. The zero-order valence-corrected chi connectivity index (χ0v) is 27.3. The maximum atomic E-state index is 12.7. The molecule has 8 nitrogen and oxygen atoms in total. The second-order valence-electron chi connectivity index (χ2n) is 11.9. The number of rotatable bonds is 8. The number of hydrogen-bond acceptors (Lipinski definition) is 7. The van der Waals surface area contributed by atoms with Gasteiger partial charge >= 0.3 is 0 Å². The van der Waals surface area contributed by atoms with Crippen LogP contribution in [0.5, 0.6) is 5.75 Å². The van der Waals surface area contributed by atoms with Crippen LogP contribution in [0.1, 0.15) is 19.4 Å². The molecule has 0 spiro atoms. The van der Waals surface area contributed by atoms with Crippen LogP contribution >= 0.6 is 23.2 Å². The molecule has 0 bridgehead atoms. The minimum absolute atomic E-state index is 0.222.